The molecular formula is C23H32N6O5. The van der Waals surface area contributed by atoms with Crippen LogP contribution in [0.25, 0.3) is 0 Å². The van der Waals surface area contributed by atoms with E-state index >= 15 is 0 Å². The van der Waals surface area contributed by atoms with Crippen LogP contribution in [0.5, 0.6) is 5.75 Å². The molecule has 0 radical (unpaired) electrons. The van der Waals surface area contributed by atoms with E-state index in [-0.39, 0.29) is 17.5 Å². The van der Waals surface area contributed by atoms with Crippen LogP contribution in [0.1, 0.15) is 56.7 Å². The number of likely N-dealkylation sites (tertiary alicyclic amines) is 1. The number of hydrogen-bond donors (Lipinski definition) is 0. The Hall–Kier alpha value is -3.21. The maximum absolute atomic E-state index is 12.4. The molecule has 2 aliphatic rings. The second-order valence-electron chi connectivity index (χ2n) is 9.84. The van der Waals surface area contributed by atoms with Gasteiger partial charge in [0.15, 0.2) is 11.6 Å². The average Bonchev–Trinajstić information content (AvgIpc) is 3.21. The first kappa shape index (κ1) is 23.9. The molecule has 0 saturated carbocycles. The van der Waals surface area contributed by atoms with Crippen molar-refractivity contribution in [2.75, 3.05) is 26.7 Å². The Balaban J connectivity index is 1.34. The van der Waals surface area contributed by atoms with Gasteiger partial charge in [-0.15, -0.1) is 10.2 Å². The summed E-state index contributed by atoms with van der Waals surface area (Å²) in [5.41, 5.74) is 0.441. The Morgan fingerprint density at radius 3 is 2.56 bits per heavy atom. The molecule has 0 unspecified atom stereocenters. The van der Waals surface area contributed by atoms with Crippen LogP contribution >= 0.6 is 0 Å². The zero-order valence-electron chi connectivity index (χ0n) is 20.2. The van der Waals surface area contributed by atoms with Crippen molar-refractivity contribution < 1.29 is 19.2 Å². The highest BCUT2D eigenvalue weighted by Gasteiger charge is 2.31. The summed E-state index contributed by atoms with van der Waals surface area (Å²) >= 11 is 0. The van der Waals surface area contributed by atoms with E-state index in [4.69, 9.17) is 9.47 Å². The number of benzene rings is 1. The molecule has 0 N–H and O–H groups in total. The summed E-state index contributed by atoms with van der Waals surface area (Å²) in [4.78, 5) is 27.1. The van der Waals surface area contributed by atoms with Crippen LogP contribution in [0.2, 0.25) is 0 Å². The first-order valence-electron chi connectivity index (χ1n) is 11.6. The van der Waals surface area contributed by atoms with Gasteiger partial charge in [-0.3, -0.25) is 19.9 Å². The average molecular weight is 473 g/mol. The molecule has 3 heterocycles. The van der Waals surface area contributed by atoms with Crippen LogP contribution in [0.4, 0.5) is 10.5 Å². The van der Waals surface area contributed by atoms with Gasteiger partial charge in [-0.1, -0.05) is 6.07 Å². The van der Waals surface area contributed by atoms with Crippen LogP contribution in [0.15, 0.2) is 18.2 Å². The normalized spacial score (nSPS) is 17.4. The molecule has 1 amide bonds. The van der Waals surface area contributed by atoms with Crippen molar-refractivity contribution in [2.45, 2.75) is 64.8 Å². The molecule has 2 aliphatic heterocycles. The highest BCUT2D eigenvalue weighted by molar-refractivity contribution is 5.68. The Kier molecular flexibility index (Phi) is 6.74. The number of nitro groups is 1. The van der Waals surface area contributed by atoms with Gasteiger partial charge < -0.3 is 14.0 Å². The molecule has 0 bridgehead atoms. The topological polar surface area (TPSA) is 116 Å². The summed E-state index contributed by atoms with van der Waals surface area (Å²) in [7, 11) is 1.45. The summed E-state index contributed by atoms with van der Waals surface area (Å²) in [6, 6.07) is 5.04. The maximum atomic E-state index is 12.4. The second-order valence-corrected chi connectivity index (χ2v) is 9.84. The van der Waals surface area contributed by atoms with E-state index in [1.807, 2.05) is 20.8 Å². The van der Waals surface area contributed by atoms with Crippen LogP contribution in [-0.2, 0) is 24.4 Å². The summed E-state index contributed by atoms with van der Waals surface area (Å²) in [5.74, 6) is 2.40. The SMILES string of the molecule is COc1cc(CN2CCC(c3nnc4n3CCN(C(=O)OC(C)(C)C)C4)CC2)ccc1[N+](=O)[O-]. The molecule has 4 rings (SSSR count). The number of carbonyl (C=O) groups excluding carboxylic acids is 1. The lowest BCUT2D eigenvalue weighted by molar-refractivity contribution is -0.385. The van der Waals surface area contributed by atoms with Gasteiger partial charge in [0.25, 0.3) is 0 Å². The van der Waals surface area contributed by atoms with Crippen LogP contribution in [0.3, 0.4) is 0 Å². The highest BCUT2D eigenvalue weighted by Crippen LogP contribution is 2.31. The molecule has 0 atom stereocenters. The standard InChI is InChI=1S/C23H32N6O5/c1-23(2,3)34-22(30)27-11-12-28-20(15-27)24-25-21(28)17-7-9-26(10-8-17)14-16-5-6-18(29(31)32)19(13-16)33-4/h5-6,13,17H,7-12,14-15H2,1-4H3. The van der Waals surface area contributed by atoms with Gasteiger partial charge in [0.2, 0.25) is 0 Å². The molecule has 1 fully saturated rings. The van der Waals surface area contributed by atoms with E-state index in [9.17, 15) is 14.9 Å². The van der Waals surface area contributed by atoms with Crippen molar-refractivity contribution in [3.05, 3.63) is 45.5 Å². The Bertz CT molecular complexity index is 1050. The monoisotopic (exact) mass is 472 g/mol. The number of nitrogens with zero attached hydrogens (tertiary/aromatic N) is 6. The van der Waals surface area contributed by atoms with Crippen LogP contribution < -0.4 is 4.74 Å². The minimum atomic E-state index is -0.527. The fourth-order valence-electron chi connectivity index (χ4n) is 4.54. The number of nitro benzene ring substituents is 1. The quantitative estimate of drug-likeness (QED) is 0.481. The lowest BCUT2D eigenvalue weighted by Crippen LogP contribution is -2.42. The minimum absolute atomic E-state index is 0.0215. The van der Waals surface area contributed by atoms with Crippen molar-refractivity contribution >= 4 is 11.8 Å². The first-order valence-corrected chi connectivity index (χ1v) is 11.6. The van der Waals surface area contributed by atoms with Gasteiger partial charge >= 0.3 is 11.8 Å². The van der Waals surface area contributed by atoms with Crippen LogP contribution in [0, 0.1) is 10.1 Å². The lowest BCUT2D eigenvalue weighted by Gasteiger charge is -2.33. The van der Waals surface area contributed by atoms with Gasteiger partial charge in [-0.25, -0.2) is 4.79 Å². The summed E-state index contributed by atoms with van der Waals surface area (Å²) < 4.78 is 12.8. The van der Waals surface area contributed by atoms with Crippen LogP contribution in [-0.4, -0.2) is 67.9 Å². The van der Waals surface area contributed by atoms with Crippen molar-refractivity contribution in [3.63, 3.8) is 0 Å². The number of rotatable bonds is 5. The predicted octanol–water partition coefficient (Wildman–Crippen LogP) is 3.33. The summed E-state index contributed by atoms with van der Waals surface area (Å²) in [6.07, 6.45) is 1.59. The molecule has 1 aromatic carbocycles. The molecule has 2 aromatic rings. The Labute approximate surface area is 198 Å². The van der Waals surface area contributed by atoms with Gasteiger partial charge in [0, 0.05) is 31.6 Å². The van der Waals surface area contributed by atoms with Gasteiger partial charge in [0.05, 0.1) is 18.6 Å². The zero-order chi connectivity index (χ0) is 24.5. The van der Waals surface area contributed by atoms with Crippen molar-refractivity contribution in [2.24, 2.45) is 0 Å². The van der Waals surface area contributed by atoms with E-state index in [0.717, 1.165) is 43.1 Å². The van der Waals surface area contributed by atoms with E-state index in [1.165, 1.54) is 13.2 Å². The third-order valence-electron chi connectivity index (χ3n) is 6.23. The molecule has 34 heavy (non-hydrogen) atoms. The maximum Gasteiger partial charge on any atom is 0.410 e. The minimum Gasteiger partial charge on any atom is -0.490 e. The van der Waals surface area contributed by atoms with E-state index in [2.05, 4.69) is 19.7 Å². The van der Waals surface area contributed by atoms with Crippen molar-refractivity contribution in [1.82, 2.24) is 24.6 Å². The number of ether oxygens (including phenoxy) is 2. The number of fused-ring (bicyclic) bond motifs is 1. The van der Waals surface area contributed by atoms with E-state index in [0.29, 0.717) is 32.1 Å². The lowest BCUT2D eigenvalue weighted by atomic mass is 9.95. The predicted molar refractivity (Wildman–Crippen MR) is 124 cm³/mol. The van der Waals surface area contributed by atoms with Gasteiger partial charge in [-0.05, 0) is 58.3 Å². The molecule has 1 aromatic heterocycles. The molecule has 1 saturated heterocycles. The van der Waals surface area contributed by atoms with Gasteiger partial charge in [0.1, 0.15) is 11.4 Å². The number of hydrogen-bond acceptors (Lipinski definition) is 8. The van der Waals surface area contributed by atoms with E-state index in [1.54, 1.807) is 17.0 Å². The fourth-order valence-corrected chi connectivity index (χ4v) is 4.54. The highest BCUT2D eigenvalue weighted by atomic mass is 16.6. The Morgan fingerprint density at radius 1 is 1.18 bits per heavy atom. The summed E-state index contributed by atoms with van der Waals surface area (Å²) in [6.45, 7) is 9.74. The zero-order valence-corrected chi connectivity index (χ0v) is 20.2. The largest absolute Gasteiger partial charge is 0.490 e. The third-order valence-corrected chi connectivity index (χ3v) is 6.23. The van der Waals surface area contributed by atoms with Crippen molar-refractivity contribution in [1.29, 1.82) is 0 Å². The number of amides is 1. The van der Waals surface area contributed by atoms with E-state index < -0.39 is 10.5 Å². The number of carbonyl (C=O) groups is 1. The van der Waals surface area contributed by atoms with Crippen molar-refractivity contribution in [3.8, 4) is 5.75 Å². The number of piperidine rings is 1. The molecular weight excluding hydrogens is 440 g/mol. The molecule has 184 valence electrons. The third kappa shape index (κ3) is 5.30. The Morgan fingerprint density at radius 2 is 1.91 bits per heavy atom. The second kappa shape index (κ2) is 9.57. The molecule has 0 aliphatic carbocycles. The first-order chi connectivity index (χ1) is 16.1. The number of methoxy groups -OCH3 is 1. The molecule has 0 spiro atoms. The fraction of sp³-hybridized carbons (Fsp3) is 0.609. The number of aromatic nitrogens is 3. The van der Waals surface area contributed by atoms with Gasteiger partial charge in [-0.2, -0.15) is 0 Å². The molecule has 11 nitrogen and oxygen atoms in total. The summed E-state index contributed by atoms with van der Waals surface area (Å²) in [5, 5.41) is 20.0. The smallest absolute Gasteiger partial charge is 0.410 e. The molecule has 11 heteroatoms.